The molecular weight excluding hydrogens is 204 g/mol. The second-order valence-corrected chi connectivity index (χ2v) is 4.98. The number of fused-ring (bicyclic) bond motifs is 1. The zero-order valence-electron chi connectivity index (χ0n) is 9.85. The van der Waals surface area contributed by atoms with Gasteiger partial charge in [-0.25, -0.2) is 4.99 Å². The predicted octanol–water partition coefficient (Wildman–Crippen LogP) is -0.997. The van der Waals surface area contributed by atoms with Crippen LogP contribution in [0.3, 0.4) is 0 Å². The normalized spacial score (nSPS) is 35.9. The Balaban J connectivity index is 1.52. The minimum absolute atomic E-state index is 0.308. The molecule has 1 N–H and O–H groups in total. The van der Waals surface area contributed by atoms with Gasteiger partial charge >= 0.3 is 0 Å². The Morgan fingerprint density at radius 2 is 2.12 bits per heavy atom. The minimum atomic E-state index is 0.308. The second-order valence-electron chi connectivity index (χ2n) is 4.98. The molecule has 2 fully saturated rings. The average Bonchev–Trinajstić information content (AvgIpc) is 2.81. The molecule has 0 aromatic rings. The third-order valence-corrected chi connectivity index (χ3v) is 3.68. The molecule has 5 heteroatoms. The van der Waals surface area contributed by atoms with E-state index >= 15 is 0 Å². The molecule has 2 unspecified atom stereocenters. The molecule has 3 rings (SSSR count). The van der Waals surface area contributed by atoms with Crippen LogP contribution < -0.4 is 5.32 Å². The summed E-state index contributed by atoms with van der Waals surface area (Å²) < 4.78 is 5.85. The number of hydrogen-bond donors (Lipinski definition) is 1. The maximum Gasteiger partial charge on any atom is 0.198 e. The first-order valence-electron chi connectivity index (χ1n) is 6.16. The standard InChI is InChI=1S/C11H20N4O/c1-14-2-4-15(5-3-14)8-11-13-9-6-12-7-10(9)16-11/h9-10,12H,2-8H2,1H3. The lowest BCUT2D eigenvalue weighted by molar-refractivity contribution is 0.154. The molecule has 0 saturated carbocycles. The van der Waals surface area contributed by atoms with Crippen molar-refractivity contribution in [3.8, 4) is 0 Å². The first kappa shape index (κ1) is 10.5. The molecule has 16 heavy (non-hydrogen) atoms. The quantitative estimate of drug-likeness (QED) is 0.653. The Labute approximate surface area is 96.4 Å². The number of ether oxygens (including phenoxy) is 1. The van der Waals surface area contributed by atoms with Crippen LogP contribution in [-0.4, -0.2) is 80.7 Å². The average molecular weight is 224 g/mol. The molecule has 0 radical (unpaired) electrons. The van der Waals surface area contributed by atoms with E-state index in [1.54, 1.807) is 0 Å². The summed E-state index contributed by atoms with van der Waals surface area (Å²) in [6, 6.07) is 0.377. The first-order chi connectivity index (χ1) is 7.81. The molecule has 0 amide bonds. The largest absolute Gasteiger partial charge is 0.473 e. The van der Waals surface area contributed by atoms with Crippen molar-refractivity contribution in [2.45, 2.75) is 12.1 Å². The highest BCUT2D eigenvalue weighted by atomic mass is 16.5. The van der Waals surface area contributed by atoms with E-state index in [2.05, 4.69) is 27.2 Å². The smallest absolute Gasteiger partial charge is 0.198 e. The van der Waals surface area contributed by atoms with Gasteiger partial charge in [0.25, 0.3) is 0 Å². The van der Waals surface area contributed by atoms with Gasteiger partial charge in [-0.1, -0.05) is 0 Å². The molecule has 0 bridgehead atoms. The fraction of sp³-hybridized carbons (Fsp3) is 0.909. The fourth-order valence-corrected chi connectivity index (χ4v) is 2.56. The van der Waals surface area contributed by atoms with Crippen LogP contribution in [0.2, 0.25) is 0 Å². The number of hydrogen-bond acceptors (Lipinski definition) is 5. The lowest BCUT2D eigenvalue weighted by Gasteiger charge is -2.31. The summed E-state index contributed by atoms with van der Waals surface area (Å²) in [6.45, 7) is 7.42. The Bertz CT molecular complexity index is 286. The monoisotopic (exact) mass is 224 g/mol. The van der Waals surface area contributed by atoms with Crippen molar-refractivity contribution in [2.75, 3.05) is 52.9 Å². The van der Waals surface area contributed by atoms with Crippen LogP contribution in [0.15, 0.2) is 4.99 Å². The molecule has 5 nitrogen and oxygen atoms in total. The number of piperazine rings is 1. The SMILES string of the molecule is CN1CCN(CC2=NC3CNCC3O2)CC1. The van der Waals surface area contributed by atoms with Gasteiger partial charge < -0.3 is 15.0 Å². The van der Waals surface area contributed by atoms with Gasteiger partial charge in [-0.05, 0) is 7.05 Å². The molecular formula is C11H20N4O. The van der Waals surface area contributed by atoms with Gasteiger partial charge in [-0.3, -0.25) is 4.90 Å². The summed E-state index contributed by atoms with van der Waals surface area (Å²) in [4.78, 5) is 9.45. The molecule has 0 aromatic heterocycles. The molecule has 3 heterocycles. The van der Waals surface area contributed by atoms with Crippen molar-refractivity contribution in [1.82, 2.24) is 15.1 Å². The van der Waals surface area contributed by atoms with Gasteiger partial charge in [0.05, 0.1) is 6.54 Å². The molecule has 3 aliphatic rings. The van der Waals surface area contributed by atoms with Crippen LogP contribution in [-0.2, 0) is 4.74 Å². The fourth-order valence-electron chi connectivity index (χ4n) is 2.56. The Morgan fingerprint density at radius 1 is 1.31 bits per heavy atom. The van der Waals surface area contributed by atoms with Crippen molar-refractivity contribution in [3.63, 3.8) is 0 Å². The van der Waals surface area contributed by atoms with E-state index < -0.39 is 0 Å². The van der Waals surface area contributed by atoms with Gasteiger partial charge in [-0.15, -0.1) is 0 Å². The van der Waals surface area contributed by atoms with Crippen LogP contribution >= 0.6 is 0 Å². The first-order valence-corrected chi connectivity index (χ1v) is 6.16. The molecule has 0 aromatic carbocycles. The summed E-state index contributed by atoms with van der Waals surface area (Å²) >= 11 is 0. The summed E-state index contributed by atoms with van der Waals surface area (Å²) in [5.74, 6) is 0.959. The summed E-state index contributed by atoms with van der Waals surface area (Å²) in [6.07, 6.45) is 0.308. The molecule has 0 aliphatic carbocycles. The van der Waals surface area contributed by atoms with Crippen LogP contribution in [0.4, 0.5) is 0 Å². The van der Waals surface area contributed by atoms with Crippen LogP contribution in [0, 0.1) is 0 Å². The molecule has 2 saturated heterocycles. The van der Waals surface area contributed by atoms with Gasteiger partial charge in [0.2, 0.25) is 0 Å². The maximum atomic E-state index is 5.85. The van der Waals surface area contributed by atoms with Crippen LogP contribution in [0.1, 0.15) is 0 Å². The van der Waals surface area contributed by atoms with Gasteiger partial charge in [0.15, 0.2) is 5.90 Å². The Morgan fingerprint density at radius 3 is 2.88 bits per heavy atom. The van der Waals surface area contributed by atoms with Crippen molar-refractivity contribution >= 4 is 5.90 Å². The van der Waals surface area contributed by atoms with Gasteiger partial charge in [0.1, 0.15) is 12.1 Å². The van der Waals surface area contributed by atoms with E-state index in [4.69, 9.17) is 4.74 Å². The van der Waals surface area contributed by atoms with E-state index in [0.29, 0.717) is 12.1 Å². The maximum absolute atomic E-state index is 5.85. The number of nitrogens with zero attached hydrogens (tertiary/aromatic N) is 3. The molecule has 0 spiro atoms. The second kappa shape index (κ2) is 4.31. The number of aliphatic imine (C=N–C) groups is 1. The molecule has 3 aliphatic heterocycles. The van der Waals surface area contributed by atoms with Gasteiger partial charge in [0, 0.05) is 39.3 Å². The van der Waals surface area contributed by atoms with E-state index in [1.807, 2.05) is 0 Å². The lowest BCUT2D eigenvalue weighted by Crippen LogP contribution is -2.46. The summed E-state index contributed by atoms with van der Waals surface area (Å²) in [5.41, 5.74) is 0. The van der Waals surface area contributed by atoms with Gasteiger partial charge in [-0.2, -0.15) is 0 Å². The third-order valence-electron chi connectivity index (χ3n) is 3.68. The predicted molar refractivity (Wildman–Crippen MR) is 62.9 cm³/mol. The van der Waals surface area contributed by atoms with E-state index in [9.17, 15) is 0 Å². The van der Waals surface area contributed by atoms with E-state index in [-0.39, 0.29) is 0 Å². The third kappa shape index (κ3) is 2.07. The zero-order chi connectivity index (χ0) is 11.0. The van der Waals surface area contributed by atoms with E-state index in [0.717, 1.165) is 51.7 Å². The highest BCUT2D eigenvalue weighted by Crippen LogP contribution is 2.17. The van der Waals surface area contributed by atoms with Crippen LogP contribution in [0.5, 0.6) is 0 Å². The summed E-state index contributed by atoms with van der Waals surface area (Å²) in [5, 5.41) is 3.30. The van der Waals surface area contributed by atoms with Crippen molar-refractivity contribution in [1.29, 1.82) is 0 Å². The Kier molecular flexibility index (Phi) is 2.83. The number of rotatable bonds is 2. The summed E-state index contributed by atoms with van der Waals surface area (Å²) in [7, 11) is 2.18. The molecule has 2 atom stereocenters. The Hall–Kier alpha value is -0.650. The van der Waals surface area contributed by atoms with Crippen molar-refractivity contribution in [2.24, 2.45) is 4.99 Å². The highest BCUT2D eigenvalue weighted by molar-refractivity contribution is 5.80. The molecule has 90 valence electrons. The zero-order valence-corrected chi connectivity index (χ0v) is 9.85. The van der Waals surface area contributed by atoms with E-state index in [1.165, 1.54) is 0 Å². The number of nitrogens with one attached hydrogen (secondary N) is 1. The van der Waals surface area contributed by atoms with Crippen LogP contribution in [0.25, 0.3) is 0 Å². The highest BCUT2D eigenvalue weighted by Gasteiger charge is 2.35. The lowest BCUT2D eigenvalue weighted by atomic mass is 10.2. The minimum Gasteiger partial charge on any atom is -0.473 e. The number of likely N-dealkylation sites (N-methyl/N-ethyl adjacent to an activating group) is 1. The van der Waals surface area contributed by atoms with Crippen molar-refractivity contribution in [3.05, 3.63) is 0 Å². The topological polar surface area (TPSA) is 40.1 Å². The van der Waals surface area contributed by atoms with Crippen molar-refractivity contribution < 1.29 is 4.74 Å².